The molecule has 0 N–H and O–H groups in total. The van der Waals surface area contributed by atoms with Crippen LogP contribution in [0.2, 0.25) is 0 Å². The Labute approximate surface area is 321 Å². The molecule has 0 unspecified atom stereocenters. The second kappa shape index (κ2) is 22.9. The van der Waals surface area contributed by atoms with Crippen molar-refractivity contribution in [2.24, 2.45) is 0 Å². The van der Waals surface area contributed by atoms with Crippen molar-refractivity contribution in [2.45, 2.75) is 89.4 Å². The van der Waals surface area contributed by atoms with Gasteiger partial charge in [0.2, 0.25) is 0 Å². The zero-order chi connectivity index (χ0) is 36.9. The fraction of sp³-hybridized carbons (Fsp3) is 0.362. The molecular weight excluding hydrogens is 677 g/mol. The van der Waals surface area contributed by atoms with Crippen LogP contribution >= 0.6 is 0 Å². The Morgan fingerprint density at radius 3 is 1.22 bits per heavy atom. The molecule has 1 saturated heterocycles. The summed E-state index contributed by atoms with van der Waals surface area (Å²) >= 11 is 0. The fourth-order valence-electron chi connectivity index (χ4n) is 6.50. The van der Waals surface area contributed by atoms with Gasteiger partial charge in [0.25, 0.3) is 0 Å². The van der Waals surface area contributed by atoms with E-state index in [4.69, 9.17) is 33.2 Å². The highest BCUT2D eigenvalue weighted by atomic mass is 16.7. The first kappa shape index (κ1) is 39.5. The van der Waals surface area contributed by atoms with Crippen LogP contribution in [0.1, 0.15) is 53.5 Å². The van der Waals surface area contributed by atoms with Gasteiger partial charge in [-0.3, -0.25) is 0 Å². The molecule has 6 rings (SSSR count). The highest BCUT2D eigenvalue weighted by Gasteiger charge is 2.49. The maximum Gasteiger partial charge on any atom is 0.186 e. The highest BCUT2D eigenvalue weighted by Crippen LogP contribution is 2.32. The average Bonchev–Trinajstić information content (AvgIpc) is 3.23. The minimum absolute atomic E-state index is 0.299. The third kappa shape index (κ3) is 13.3. The van der Waals surface area contributed by atoms with Crippen LogP contribution in [0.5, 0.6) is 0 Å². The van der Waals surface area contributed by atoms with E-state index >= 15 is 0 Å². The first-order valence-electron chi connectivity index (χ1n) is 19.3. The van der Waals surface area contributed by atoms with Crippen LogP contribution in [-0.2, 0) is 66.2 Å². The molecule has 0 radical (unpaired) electrons. The maximum atomic E-state index is 6.83. The van der Waals surface area contributed by atoms with Gasteiger partial charge in [0.1, 0.15) is 24.4 Å². The van der Waals surface area contributed by atoms with Crippen LogP contribution in [-0.4, -0.2) is 50.5 Å². The van der Waals surface area contributed by atoms with Gasteiger partial charge < -0.3 is 33.2 Å². The van der Waals surface area contributed by atoms with Crippen LogP contribution in [0.15, 0.2) is 152 Å². The second-order valence-electron chi connectivity index (χ2n) is 13.7. The molecule has 54 heavy (non-hydrogen) atoms. The lowest BCUT2D eigenvalue weighted by Gasteiger charge is -2.46. The van der Waals surface area contributed by atoms with Crippen molar-refractivity contribution in [3.8, 4) is 0 Å². The number of rotatable bonds is 23. The molecule has 0 spiro atoms. The normalized spacial score (nSPS) is 19.8. The van der Waals surface area contributed by atoms with Crippen LogP contribution < -0.4 is 0 Å². The van der Waals surface area contributed by atoms with Gasteiger partial charge in [-0.2, -0.15) is 0 Å². The van der Waals surface area contributed by atoms with Gasteiger partial charge in [-0.1, -0.05) is 165 Å². The van der Waals surface area contributed by atoms with Crippen LogP contribution in [0.4, 0.5) is 0 Å². The highest BCUT2D eigenvalue weighted by molar-refractivity contribution is 5.17. The third-order valence-electron chi connectivity index (χ3n) is 9.42. The van der Waals surface area contributed by atoms with Crippen molar-refractivity contribution in [3.63, 3.8) is 0 Å². The van der Waals surface area contributed by atoms with E-state index < -0.39 is 30.7 Å². The standard InChI is InChI=1S/C47H54O7/c1(18-30-48-32-38-20-8-3-9-21-38)2-19-31-50-47-46(53-36-42-28-16-7-17-29-42)45(52-35-41-26-14-6-15-27-41)44(51-34-40-24-12-5-13-25-40)43(54-47)37-49-33-39-22-10-4-11-23-39/h3-17,20-29,43-47H,1-2,18-19,30-37H2/t43-,44-,45+,46-,47+/m1/s1. The summed E-state index contributed by atoms with van der Waals surface area (Å²) in [4.78, 5) is 0. The van der Waals surface area contributed by atoms with Crippen molar-refractivity contribution < 1.29 is 33.2 Å². The van der Waals surface area contributed by atoms with Gasteiger partial charge in [0, 0.05) is 13.2 Å². The fourth-order valence-corrected chi connectivity index (χ4v) is 6.50. The summed E-state index contributed by atoms with van der Waals surface area (Å²) in [5.41, 5.74) is 5.48. The molecule has 0 amide bonds. The summed E-state index contributed by atoms with van der Waals surface area (Å²) in [5, 5.41) is 0. The van der Waals surface area contributed by atoms with Crippen molar-refractivity contribution in [1.29, 1.82) is 0 Å². The molecule has 0 aliphatic carbocycles. The molecule has 5 aromatic rings. The van der Waals surface area contributed by atoms with E-state index in [1.807, 2.05) is 91.0 Å². The summed E-state index contributed by atoms with van der Waals surface area (Å²) in [6.07, 6.45) is 1.25. The summed E-state index contributed by atoms with van der Waals surface area (Å²) < 4.78 is 45.9. The Hall–Kier alpha value is -4.18. The Morgan fingerprint density at radius 2 is 0.741 bits per heavy atom. The summed E-state index contributed by atoms with van der Waals surface area (Å²) in [7, 11) is 0. The second-order valence-corrected chi connectivity index (χ2v) is 13.7. The molecule has 1 heterocycles. The Kier molecular flexibility index (Phi) is 16.8. The molecule has 284 valence electrons. The van der Waals surface area contributed by atoms with Gasteiger partial charge >= 0.3 is 0 Å². The smallest absolute Gasteiger partial charge is 0.186 e. The van der Waals surface area contributed by atoms with E-state index in [1.165, 1.54) is 5.56 Å². The zero-order valence-corrected chi connectivity index (χ0v) is 31.2. The lowest BCUT2D eigenvalue weighted by molar-refractivity contribution is -0.328. The van der Waals surface area contributed by atoms with E-state index in [1.54, 1.807) is 0 Å². The van der Waals surface area contributed by atoms with E-state index in [9.17, 15) is 0 Å². The first-order valence-corrected chi connectivity index (χ1v) is 19.3. The number of hydrogen-bond acceptors (Lipinski definition) is 7. The number of hydrogen-bond donors (Lipinski definition) is 0. The van der Waals surface area contributed by atoms with E-state index in [0.29, 0.717) is 46.2 Å². The Morgan fingerprint density at radius 1 is 0.352 bits per heavy atom. The predicted octanol–water partition coefficient (Wildman–Crippen LogP) is 9.48. The van der Waals surface area contributed by atoms with Crippen LogP contribution in [0, 0.1) is 0 Å². The van der Waals surface area contributed by atoms with E-state index in [-0.39, 0.29) is 0 Å². The van der Waals surface area contributed by atoms with E-state index in [2.05, 4.69) is 60.7 Å². The largest absolute Gasteiger partial charge is 0.377 e. The molecule has 7 nitrogen and oxygen atoms in total. The molecule has 0 aromatic heterocycles. The monoisotopic (exact) mass is 730 g/mol. The molecule has 0 saturated carbocycles. The summed E-state index contributed by atoms with van der Waals surface area (Å²) in [6.45, 7) is 3.83. The van der Waals surface area contributed by atoms with Crippen LogP contribution in [0.25, 0.3) is 0 Å². The van der Waals surface area contributed by atoms with Crippen molar-refractivity contribution >= 4 is 0 Å². The minimum atomic E-state index is -0.689. The van der Waals surface area contributed by atoms with Crippen molar-refractivity contribution in [2.75, 3.05) is 19.8 Å². The molecule has 1 aliphatic rings. The first-order chi connectivity index (χ1) is 26.8. The van der Waals surface area contributed by atoms with E-state index in [0.717, 1.165) is 54.5 Å². The molecule has 0 bridgehead atoms. The summed E-state index contributed by atoms with van der Waals surface area (Å²) in [6, 6.07) is 51.0. The number of ether oxygens (including phenoxy) is 7. The molecule has 1 aliphatic heterocycles. The van der Waals surface area contributed by atoms with Crippen molar-refractivity contribution in [1.82, 2.24) is 0 Å². The quantitative estimate of drug-likeness (QED) is 0.0621. The SMILES string of the molecule is c1ccc(COCCCCCCO[C@H]2O[C@H](COCc3ccccc3)[C@@H](OCc3ccccc3)[C@H](OCc3ccccc3)[C@H]2OCc2ccccc2)cc1. The van der Waals surface area contributed by atoms with Crippen molar-refractivity contribution in [3.05, 3.63) is 179 Å². The summed E-state index contributed by atoms with van der Waals surface area (Å²) in [5.74, 6) is 0. The zero-order valence-electron chi connectivity index (χ0n) is 31.2. The van der Waals surface area contributed by atoms with Gasteiger partial charge in [-0.25, -0.2) is 0 Å². The number of benzene rings is 5. The molecule has 1 fully saturated rings. The van der Waals surface area contributed by atoms with Crippen LogP contribution in [0.3, 0.4) is 0 Å². The lowest BCUT2D eigenvalue weighted by atomic mass is 9.97. The van der Waals surface area contributed by atoms with Gasteiger partial charge in [0.05, 0.1) is 39.6 Å². The third-order valence-corrected chi connectivity index (χ3v) is 9.42. The lowest BCUT2D eigenvalue weighted by Crippen LogP contribution is -2.61. The minimum Gasteiger partial charge on any atom is -0.377 e. The van der Waals surface area contributed by atoms with Gasteiger partial charge in [-0.05, 0) is 40.7 Å². The molecular formula is C47H54O7. The van der Waals surface area contributed by atoms with Gasteiger partial charge in [0.15, 0.2) is 6.29 Å². The molecule has 5 atom stereocenters. The predicted molar refractivity (Wildman–Crippen MR) is 210 cm³/mol. The maximum absolute atomic E-state index is 6.83. The Balaban J connectivity index is 1.15. The molecule has 7 heteroatoms. The topological polar surface area (TPSA) is 64.6 Å². The molecule has 5 aromatic carbocycles. The number of unbranched alkanes of at least 4 members (excludes halogenated alkanes) is 3. The Bertz CT molecular complexity index is 1670. The van der Waals surface area contributed by atoms with Gasteiger partial charge in [-0.15, -0.1) is 0 Å². The average molecular weight is 731 g/mol.